The summed E-state index contributed by atoms with van der Waals surface area (Å²) in [5, 5.41) is 24.3. The number of allylic oxidation sites excluding steroid dienone is 1. The normalized spacial score (nSPS) is 29.7. The Labute approximate surface area is 144 Å². The lowest BCUT2D eigenvalue weighted by atomic mass is 9.63. The molecule has 0 radical (unpaired) electrons. The van der Waals surface area contributed by atoms with E-state index in [1.54, 1.807) is 6.92 Å². The molecular formula is C18H16N4O3. The zero-order chi connectivity index (χ0) is 18.2. The van der Waals surface area contributed by atoms with Gasteiger partial charge in [-0.3, -0.25) is 9.59 Å². The monoisotopic (exact) mass is 336 g/mol. The molecule has 3 heterocycles. The number of piperidine rings is 2. The third kappa shape index (κ3) is 2.41. The van der Waals surface area contributed by atoms with Gasteiger partial charge in [0.05, 0.1) is 18.7 Å². The van der Waals surface area contributed by atoms with Crippen LogP contribution in [0, 0.1) is 34.5 Å². The molecule has 0 saturated carbocycles. The van der Waals surface area contributed by atoms with Crippen molar-refractivity contribution in [1.82, 2.24) is 10.6 Å². The number of amides is 1. The molecule has 3 saturated heterocycles. The second kappa shape index (κ2) is 5.95. The molecule has 3 fully saturated rings. The first kappa shape index (κ1) is 16.5. The topological polar surface area (TPSA) is 115 Å². The van der Waals surface area contributed by atoms with Crippen molar-refractivity contribution in [1.29, 1.82) is 10.5 Å². The number of carbonyl (C=O) groups is 2. The van der Waals surface area contributed by atoms with Crippen molar-refractivity contribution in [3.63, 3.8) is 0 Å². The molecule has 7 nitrogen and oxygen atoms in total. The van der Waals surface area contributed by atoms with Gasteiger partial charge in [0.15, 0.2) is 0 Å². The number of benzene rings is 1. The molecule has 4 rings (SSSR count). The highest BCUT2D eigenvalue weighted by atomic mass is 16.5. The molecule has 3 aliphatic heterocycles. The number of rotatable bonds is 2. The van der Waals surface area contributed by atoms with E-state index in [1.165, 1.54) is 7.11 Å². The highest BCUT2D eigenvalue weighted by molar-refractivity contribution is 5.91. The molecule has 0 aliphatic carbocycles. The van der Waals surface area contributed by atoms with Gasteiger partial charge in [-0.05, 0) is 12.5 Å². The minimum absolute atomic E-state index is 0.157. The lowest BCUT2D eigenvalue weighted by Gasteiger charge is -2.55. The van der Waals surface area contributed by atoms with Crippen LogP contribution in [0.3, 0.4) is 0 Å². The van der Waals surface area contributed by atoms with Crippen LogP contribution in [0.2, 0.25) is 0 Å². The molecule has 4 atom stereocenters. The Hall–Kier alpha value is -3.32. The van der Waals surface area contributed by atoms with Gasteiger partial charge < -0.3 is 15.4 Å². The number of esters is 1. The fourth-order valence-electron chi connectivity index (χ4n) is 3.84. The van der Waals surface area contributed by atoms with Crippen LogP contribution in [0.15, 0.2) is 41.6 Å². The molecule has 1 amide bonds. The number of fused-ring (bicyclic) bond motifs is 3. The van der Waals surface area contributed by atoms with Gasteiger partial charge in [-0.15, -0.1) is 0 Å². The number of methoxy groups -OCH3 is 1. The minimum atomic E-state index is -1.16. The first-order valence-corrected chi connectivity index (χ1v) is 7.74. The summed E-state index contributed by atoms with van der Waals surface area (Å²) in [6, 6.07) is 12.8. The Bertz CT molecular complexity index is 833. The van der Waals surface area contributed by atoms with Gasteiger partial charge in [0, 0.05) is 5.92 Å². The first-order chi connectivity index (χ1) is 12.0. The maximum absolute atomic E-state index is 12.7. The fourth-order valence-corrected chi connectivity index (χ4v) is 3.84. The van der Waals surface area contributed by atoms with E-state index in [0.29, 0.717) is 0 Å². The average Bonchev–Trinajstić information content (AvgIpc) is 2.61. The van der Waals surface area contributed by atoms with Crippen LogP contribution < -0.4 is 10.6 Å². The zero-order valence-corrected chi connectivity index (χ0v) is 13.7. The Morgan fingerprint density at radius 2 is 1.84 bits per heavy atom. The van der Waals surface area contributed by atoms with E-state index in [0.717, 1.165) is 5.56 Å². The molecule has 0 aromatic heterocycles. The lowest BCUT2D eigenvalue weighted by Crippen LogP contribution is -2.75. The summed E-state index contributed by atoms with van der Waals surface area (Å²) in [7, 11) is 1.30. The number of nitrogens with zero attached hydrogens (tertiary/aromatic N) is 2. The summed E-state index contributed by atoms with van der Waals surface area (Å²) in [5.41, 5.74) is -0.285. The van der Waals surface area contributed by atoms with Crippen molar-refractivity contribution < 1.29 is 14.3 Å². The van der Waals surface area contributed by atoms with Crippen molar-refractivity contribution in [2.75, 3.05) is 7.11 Å². The molecule has 2 N–H and O–H groups in total. The molecule has 0 spiro atoms. The standard InChI is InChI=1S/C18H16N4O3/c1-18-14(17(24)25-2)12(10-6-4-3-5-7-10)13(16(23)22-18)15(21-18)11(8-19)9-20/h3-7,12-14,21H,1-2H3,(H,22,23)/t12-,13+,14-,18-/m1/s1. The molecule has 126 valence electrons. The molecular weight excluding hydrogens is 320 g/mol. The van der Waals surface area contributed by atoms with Crippen LogP contribution >= 0.6 is 0 Å². The van der Waals surface area contributed by atoms with Gasteiger partial charge in [0.25, 0.3) is 0 Å². The van der Waals surface area contributed by atoms with Crippen molar-refractivity contribution in [3.05, 3.63) is 47.2 Å². The van der Waals surface area contributed by atoms with Gasteiger partial charge in [0.1, 0.15) is 29.3 Å². The summed E-state index contributed by atoms with van der Waals surface area (Å²) in [6.07, 6.45) is 0. The number of nitriles is 2. The van der Waals surface area contributed by atoms with Gasteiger partial charge in [-0.2, -0.15) is 10.5 Å². The molecule has 3 aliphatic rings. The number of nitrogens with one attached hydrogen (secondary N) is 2. The maximum atomic E-state index is 12.7. The largest absolute Gasteiger partial charge is 0.469 e. The Kier molecular flexibility index (Phi) is 3.94. The number of hydrogen-bond donors (Lipinski definition) is 2. The maximum Gasteiger partial charge on any atom is 0.313 e. The number of carbonyl (C=O) groups excluding carboxylic acids is 2. The Morgan fingerprint density at radius 1 is 1.20 bits per heavy atom. The fraction of sp³-hybridized carbons (Fsp3) is 0.333. The molecule has 1 aromatic carbocycles. The van der Waals surface area contributed by atoms with Crippen LogP contribution in [-0.2, 0) is 14.3 Å². The Morgan fingerprint density at radius 3 is 2.40 bits per heavy atom. The third-order valence-corrected chi connectivity index (χ3v) is 4.84. The second-order valence-electron chi connectivity index (χ2n) is 6.24. The summed E-state index contributed by atoms with van der Waals surface area (Å²) in [6.45, 7) is 1.66. The van der Waals surface area contributed by atoms with Crippen LogP contribution in [-0.4, -0.2) is 24.6 Å². The smallest absolute Gasteiger partial charge is 0.313 e. The zero-order valence-electron chi connectivity index (χ0n) is 13.7. The van der Waals surface area contributed by atoms with Crippen molar-refractivity contribution in [2.24, 2.45) is 11.8 Å². The second-order valence-corrected chi connectivity index (χ2v) is 6.24. The first-order valence-electron chi connectivity index (χ1n) is 7.74. The van der Waals surface area contributed by atoms with Crippen LogP contribution in [0.25, 0.3) is 0 Å². The quantitative estimate of drug-likeness (QED) is 0.613. The summed E-state index contributed by atoms with van der Waals surface area (Å²) < 4.78 is 4.97. The minimum Gasteiger partial charge on any atom is -0.469 e. The molecule has 0 unspecified atom stereocenters. The summed E-state index contributed by atoms with van der Waals surface area (Å²) >= 11 is 0. The van der Waals surface area contributed by atoms with Crippen molar-refractivity contribution >= 4 is 11.9 Å². The number of ether oxygens (including phenoxy) is 1. The predicted octanol–water partition coefficient (Wildman–Crippen LogP) is 0.926. The van der Waals surface area contributed by atoms with E-state index in [-0.39, 0.29) is 17.2 Å². The SMILES string of the molecule is COC(=O)[C@H]1[C@H](c2ccccc2)[C@@H]2C(=O)N[C@@]1(C)NC2=C(C#N)C#N. The van der Waals surface area contributed by atoms with Gasteiger partial charge >= 0.3 is 5.97 Å². The molecule has 25 heavy (non-hydrogen) atoms. The lowest BCUT2D eigenvalue weighted by molar-refractivity contribution is -0.158. The van der Waals surface area contributed by atoms with E-state index in [2.05, 4.69) is 10.6 Å². The molecule has 7 heteroatoms. The van der Waals surface area contributed by atoms with Crippen molar-refractivity contribution in [3.8, 4) is 12.1 Å². The van der Waals surface area contributed by atoms with E-state index in [9.17, 15) is 20.1 Å². The summed E-state index contributed by atoms with van der Waals surface area (Å²) in [4.78, 5) is 25.2. The van der Waals surface area contributed by atoms with Crippen LogP contribution in [0.5, 0.6) is 0 Å². The third-order valence-electron chi connectivity index (χ3n) is 4.84. The number of hydrogen-bond acceptors (Lipinski definition) is 6. The highest BCUT2D eigenvalue weighted by Crippen LogP contribution is 2.49. The Balaban J connectivity index is 2.26. The van der Waals surface area contributed by atoms with Crippen molar-refractivity contribution in [2.45, 2.75) is 18.5 Å². The van der Waals surface area contributed by atoms with Crippen LogP contribution in [0.4, 0.5) is 0 Å². The van der Waals surface area contributed by atoms with E-state index < -0.39 is 29.4 Å². The van der Waals surface area contributed by atoms with Gasteiger partial charge in [0.2, 0.25) is 5.91 Å². The molecule has 1 aromatic rings. The van der Waals surface area contributed by atoms with E-state index in [1.807, 2.05) is 42.5 Å². The average molecular weight is 336 g/mol. The van der Waals surface area contributed by atoms with Gasteiger partial charge in [-0.25, -0.2) is 0 Å². The predicted molar refractivity (Wildman–Crippen MR) is 86.1 cm³/mol. The van der Waals surface area contributed by atoms with Gasteiger partial charge in [-0.1, -0.05) is 30.3 Å². The van der Waals surface area contributed by atoms with E-state index >= 15 is 0 Å². The highest BCUT2D eigenvalue weighted by Gasteiger charge is 2.61. The van der Waals surface area contributed by atoms with E-state index in [4.69, 9.17) is 4.74 Å². The molecule has 2 bridgehead atoms. The van der Waals surface area contributed by atoms with Crippen LogP contribution in [0.1, 0.15) is 18.4 Å². The summed E-state index contributed by atoms with van der Waals surface area (Å²) in [5.74, 6) is -2.88.